The third-order valence-electron chi connectivity index (χ3n) is 2.12. The van der Waals surface area contributed by atoms with Crippen molar-refractivity contribution in [3.05, 3.63) is 14.9 Å². The van der Waals surface area contributed by atoms with Gasteiger partial charge in [0.25, 0.3) is 0 Å². The fourth-order valence-electron chi connectivity index (χ4n) is 1.17. The summed E-state index contributed by atoms with van der Waals surface area (Å²) in [5.41, 5.74) is 0. The molecule has 6 nitrogen and oxygen atoms in total. The Bertz CT molecular complexity index is 539. The molecule has 0 aliphatic carbocycles. The van der Waals surface area contributed by atoms with E-state index in [0.29, 0.717) is 8.81 Å². The normalized spacial score (nSPS) is 13.4. The second-order valence-electron chi connectivity index (χ2n) is 3.49. The van der Waals surface area contributed by atoms with Gasteiger partial charge in [-0.3, -0.25) is 4.79 Å². The molecule has 108 valence electrons. The molecule has 1 aromatic heterocycles. The monoisotopic (exact) mass is 391 g/mol. The molecule has 0 fully saturated rings. The Morgan fingerprint density at radius 2 is 2.32 bits per heavy atom. The number of aliphatic carboxylic acids is 1. The number of halogens is 2. The Morgan fingerprint density at radius 1 is 1.68 bits per heavy atom. The van der Waals surface area contributed by atoms with Crippen molar-refractivity contribution in [3.63, 3.8) is 0 Å². The molecule has 0 aromatic carbocycles. The van der Waals surface area contributed by atoms with E-state index < -0.39 is 22.1 Å². The summed E-state index contributed by atoms with van der Waals surface area (Å²) in [5, 5.41) is 8.93. The van der Waals surface area contributed by atoms with Gasteiger partial charge in [0.05, 0.1) is 21.3 Å². The molecule has 0 aliphatic rings. The lowest BCUT2D eigenvalue weighted by molar-refractivity contribution is -0.139. The molecule has 1 rings (SSSR count). The number of carboxylic acid groups (broad SMARTS) is 1. The highest BCUT2D eigenvalue weighted by atomic mass is 79.9. The predicted molar refractivity (Wildman–Crippen MR) is 75.3 cm³/mol. The average Bonchev–Trinajstić information content (AvgIpc) is 2.65. The maximum Gasteiger partial charge on any atom is 0.306 e. The number of carboxylic acids is 1. The number of methoxy groups -OCH3 is 1. The molecule has 0 saturated heterocycles. The van der Waals surface area contributed by atoms with Gasteiger partial charge in [-0.15, -0.1) is 11.3 Å². The van der Waals surface area contributed by atoms with Gasteiger partial charge in [0.2, 0.25) is 10.0 Å². The highest BCUT2D eigenvalue weighted by Crippen LogP contribution is 2.34. The summed E-state index contributed by atoms with van der Waals surface area (Å²) >= 11 is 9.86. The van der Waals surface area contributed by atoms with Crippen molar-refractivity contribution in [2.24, 2.45) is 0 Å². The summed E-state index contributed by atoms with van der Waals surface area (Å²) in [6.07, 6.45) is -1.01. The van der Waals surface area contributed by atoms with Crippen molar-refractivity contribution in [1.29, 1.82) is 0 Å². The molecule has 1 heterocycles. The summed E-state index contributed by atoms with van der Waals surface area (Å²) in [6, 6.07) is 1.32. The maximum atomic E-state index is 11.9. The minimum atomic E-state index is -3.72. The van der Waals surface area contributed by atoms with E-state index in [9.17, 15) is 13.2 Å². The van der Waals surface area contributed by atoms with Crippen LogP contribution < -0.4 is 4.72 Å². The lowest BCUT2D eigenvalue weighted by Gasteiger charge is -2.13. The Morgan fingerprint density at radius 3 is 2.74 bits per heavy atom. The minimum Gasteiger partial charge on any atom is -0.481 e. The van der Waals surface area contributed by atoms with Gasteiger partial charge in [-0.05, 0) is 22.0 Å². The Kier molecular flexibility index (Phi) is 6.21. The molecule has 0 amide bonds. The van der Waals surface area contributed by atoms with E-state index in [1.807, 2.05) is 0 Å². The van der Waals surface area contributed by atoms with Crippen LogP contribution in [0.25, 0.3) is 0 Å². The smallest absolute Gasteiger partial charge is 0.306 e. The molecular weight excluding hydrogens is 382 g/mol. The van der Waals surface area contributed by atoms with E-state index in [4.69, 9.17) is 21.4 Å². The molecule has 2 N–H and O–H groups in total. The third-order valence-corrected chi connectivity index (χ3v) is 6.50. The number of nitrogens with one attached hydrogen (secondary N) is 1. The Labute approximate surface area is 127 Å². The van der Waals surface area contributed by atoms with Gasteiger partial charge < -0.3 is 9.84 Å². The zero-order valence-corrected chi connectivity index (χ0v) is 13.7. The van der Waals surface area contributed by atoms with Crippen LogP contribution in [0.1, 0.15) is 6.42 Å². The van der Waals surface area contributed by atoms with E-state index in [1.54, 1.807) is 0 Å². The van der Waals surface area contributed by atoms with E-state index >= 15 is 0 Å². The standard InChI is InChI=1S/C9H11BrClNO5S2/c1-17-5(2-7(13)14)4-12-19(15,16)8-3-6(11)9(10)18-8/h3,5,12H,2,4H2,1H3,(H,13,14). The molecule has 0 radical (unpaired) electrons. The van der Waals surface area contributed by atoms with Gasteiger partial charge in [-0.25, -0.2) is 13.1 Å². The molecule has 1 atom stereocenters. The van der Waals surface area contributed by atoms with Gasteiger partial charge in [-0.2, -0.15) is 0 Å². The number of hydrogen-bond donors (Lipinski definition) is 2. The fraction of sp³-hybridized carbons (Fsp3) is 0.444. The summed E-state index contributed by atoms with van der Waals surface area (Å²) in [5.74, 6) is -1.06. The van der Waals surface area contributed by atoms with Crippen LogP contribution in [0.4, 0.5) is 0 Å². The predicted octanol–water partition coefficient (Wildman–Crippen LogP) is 1.93. The molecule has 10 heteroatoms. The highest BCUT2D eigenvalue weighted by Gasteiger charge is 2.21. The van der Waals surface area contributed by atoms with Gasteiger partial charge in [0, 0.05) is 13.7 Å². The first kappa shape index (κ1) is 16.9. The quantitative estimate of drug-likeness (QED) is 0.739. The number of thiophene rings is 1. The van der Waals surface area contributed by atoms with Gasteiger partial charge in [0.15, 0.2) is 0 Å². The Balaban J connectivity index is 2.72. The van der Waals surface area contributed by atoms with Crippen molar-refractivity contribution in [2.75, 3.05) is 13.7 Å². The summed E-state index contributed by atoms with van der Waals surface area (Å²) in [4.78, 5) is 10.5. The number of carbonyl (C=O) groups is 1. The molecule has 0 aliphatic heterocycles. The summed E-state index contributed by atoms with van der Waals surface area (Å²) < 4.78 is 31.6. The second-order valence-corrected chi connectivity index (χ2v) is 8.27. The van der Waals surface area contributed by atoms with E-state index in [0.717, 1.165) is 11.3 Å². The highest BCUT2D eigenvalue weighted by molar-refractivity contribution is 9.11. The van der Waals surface area contributed by atoms with E-state index in [1.165, 1.54) is 13.2 Å². The first-order valence-electron chi connectivity index (χ1n) is 4.95. The lowest BCUT2D eigenvalue weighted by atomic mass is 10.2. The van der Waals surface area contributed by atoms with E-state index in [2.05, 4.69) is 20.7 Å². The van der Waals surface area contributed by atoms with Crippen molar-refractivity contribution in [1.82, 2.24) is 4.72 Å². The summed E-state index contributed by atoms with van der Waals surface area (Å²) in [6.45, 7) is -0.127. The van der Waals surface area contributed by atoms with Gasteiger partial charge >= 0.3 is 5.97 Å². The zero-order valence-electron chi connectivity index (χ0n) is 9.72. The van der Waals surface area contributed by atoms with E-state index in [-0.39, 0.29) is 17.2 Å². The van der Waals surface area contributed by atoms with Gasteiger partial charge in [-0.1, -0.05) is 11.6 Å². The Hall–Kier alpha value is -0.190. The van der Waals surface area contributed by atoms with Crippen molar-refractivity contribution >= 4 is 54.9 Å². The molecule has 0 spiro atoms. The van der Waals surface area contributed by atoms with Crippen molar-refractivity contribution < 1.29 is 23.1 Å². The molecular formula is C9H11BrClNO5S2. The van der Waals surface area contributed by atoms with Crippen molar-refractivity contribution in [3.8, 4) is 0 Å². The topological polar surface area (TPSA) is 92.7 Å². The van der Waals surface area contributed by atoms with Crippen LogP contribution in [0.15, 0.2) is 14.1 Å². The first-order chi connectivity index (χ1) is 8.76. The van der Waals surface area contributed by atoms with Crippen LogP contribution in [0, 0.1) is 0 Å². The number of sulfonamides is 1. The van der Waals surface area contributed by atoms with Crippen LogP contribution in [0.3, 0.4) is 0 Å². The third kappa shape index (κ3) is 5.01. The van der Waals surface area contributed by atoms with Gasteiger partial charge in [0.1, 0.15) is 4.21 Å². The number of rotatable bonds is 7. The molecule has 1 unspecified atom stereocenters. The summed E-state index contributed by atoms with van der Waals surface area (Å²) in [7, 11) is -2.40. The largest absolute Gasteiger partial charge is 0.481 e. The average molecular weight is 393 g/mol. The van der Waals surface area contributed by atoms with Crippen molar-refractivity contribution in [2.45, 2.75) is 16.7 Å². The van der Waals surface area contributed by atoms with Crippen LogP contribution >= 0.6 is 38.9 Å². The zero-order chi connectivity index (χ0) is 14.6. The number of hydrogen-bond acceptors (Lipinski definition) is 5. The molecule has 1 aromatic rings. The lowest BCUT2D eigenvalue weighted by Crippen LogP contribution is -2.34. The number of ether oxygens (including phenoxy) is 1. The van der Waals surface area contributed by atoms with Crippen LogP contribution in [-0.2, 0) is 19.6 Å². The maximum absolute atomic E-state index is 11.9. The minimum absolute atomic E-state index is 0.0505. The second kappa shape index (κ2) is 7.00. The van der Waals surface area contributed by atoms with Crippen LogP contribution in [-0.4, -0.2) is 39.3 Å². The first-order valence-corrected chi connectivity index (χ1v) is 8.42. The molecule has 0 saturated carbocycles. The SMILES string of the molecule is COC(CNS(=O)(=O)c1cc(Cl)c(Br)s1)CC(=O)O. The van der Waals surface area contributed by atoms with Crippen LogP contribution in [0.5, 0.6) is 0 Å². The molecule has 0 bridgehead atoms. The van der Waals surface area contributed by atoms with Crippen LogP contribution in [0.2, 0.25) is 5.02 Å². The fourth-order valence-corrected chi connectivity index (χ4v) is 4.68. The molecule has 19 heavy (non-hydrogen) atoms.